The van der Waals surface area contributed by atoms with E-state index in [-0.39, 0.29) is 11.6 Å². The van der Waals surface area contributed by atoms with Gasteiger partial charge in [-0.1, -0.05) is 42.5 Å². The number of hydrogen-bond donors (Lipinski definition) is 2. The highest BCUT2D eigenvalue weighted by Crippen LogP contribution is 2.36. The molecule has 0 heterocycles. The topological polar surface area (TPSA) is 55.1 Å². The smallest absolute Gasteiger partial charge is 0.242 e. The van der Waals surface area contributed by atoms with Gasteiger partial charge in [-0.05, 0) is 42.0 Å². The van der Waals surface area contributed by atoms with Crippen LogP contribution in [0.25, 0.3) is 0 Å². The van der Waals surface area contributed by atoms with Crippen molar-refractivity contribution in [1.82, 2.24) is 0 Å². The zero-order valence-electron chi connectivity index (χ0n) is 13.4. The van der Waals surface area contributed by atoms with Crippen LogP contribution in [-0.4, -0.2) is 5.91 Å². The Hall–Kier alpha value is -2.79. The van der Waals surface area contributed by atoms with Crippen molar-refractivity contribution >= 4 is 29.0 Å². The van der Waals surface area contributed by atoms with Gasteiger partial charge in [-0.15, -0.1) is 11.8 Å². The molecule has 3 N–H and O–H groups in total. The fourth-order valence-electron chi connectivity index (χ4n) is 2.34. The lowest BCUT2D eigenvalue weighted by molar-refractivity contribution is -0.115. The molecule has 25 heavy (non-hydrogen) atoms. The minimum atomic E-state index is -0.510. The molecule has 0 aliphatic carbocycles. The van der Waals surface area contributed by atoms with Gasteiger partial charge in [-0.25, -0.2) is 4.39 Å². The third kappa shape index (κ3) is 4.39. The predicted molar refractivity (Wildman–Crippen MR) is 101 cm³/mol. The Morgan fingerprint density at radius 3 is 2.24 bits per heavy atom. The van der Waals surface area contributed by atoms with E-state index in [0.29, 0.717) is 5.69 Å². The summed E-state index contributed by atoms with van der Waals surface area (Å²) in [5.41, 5.74) is 7.40. The van der Waals surface area contributed by atoms with Crippen molar-refractivity contribution in [2.45, 2.75) is 10.1 Å². The molecule has 0 bridgehead atoms. The van der Waals surface area contributed by atoms with Gasteiger partial charge in [0, 0.05) is 10.6 Å². The zero-order chi connectivity index (χ0) is 17.6. The number of nitrogens with one attached hydrogen (secondary N) is 1. The lowest BCUT2D eigenvalue weighted by Gasteiger charge is -2.17. The quantitative estimate of drug-likeness (QED) is 0.508. The molecule has 0 spiro atoms. The number of nitrogens with two attached hydrogens (primary N) is 1. The largest absolute Gasteiger partial charge is 0.399 e. The summed E-state index contributed by atoms with van der Waals surface area (Å²) < 4.78 is 13.9. The normalized spacial score (nSPS) is 11.7. The number of para-hydroxylation sites is 1. The van der Waals surface area contributed by atoms with Gasteiger partial charge in [0.05, 0.1) is 5.69 Å². The van der Waals surface area contributed by atoms with E-state index >= 15 is 0 Å². The highest BCUT2D eigenvalue weighted by Gasteiger charge is 2.22. The molecular formula is C20H17FN2OS. The van der Waals surface area contributed by atoms with Crippen molar-refractivity contribution < 1.29 is 9.18 Å². The van der Waals surface area contributed by atoms with Crippen LogP contribution in [0.5, 0.6) is 0 Å². The summed E-state index contributed by atoms with van der Waals surface area (Å²) in [4.78, 5) is 13.7. The van der Waals surface area contributed by atoms with Gasteiger partial charge in [0.1, 0.15) is 11.1 Å². The molecule has 1 atom stereocenters. The molecule has 0 aliphatic heterocycles. The number of rotatable bonds is 5. The zero-order valence-corrected chi connectivity index (χ0v) is 14.2. The van der Waals surface area contributed by atoms with Crippen LogP contribution in [0.2, 0.25) is 0 Å². The van der Waals surface area contributed by atoms with E-state index in [4.69, 9.17) is 5.73 Å². The molecule has 5 heteroatoms. The van der Waals surface area contributed by atoms with E-state index in [1.165, 1.54) is 17.8 Å². The van der Waals surface area contributed by atoms with Gasteiger partial charge >= 0.3 is 0 Å². The number of carbonyl (C=O) groups is 1. The number of amides is 1. The minimum Gasteiger partial charge on any atom is -0.399 e. The van der Waals surface area contributed by atoms with Gasteiger partial charge in [-0.2, -0.15) is 0 Å². The van der Waals surface area contributed by atoms with Crippen LogP contribution in [0.4, 0.5) is 15.8 Å². The lowest BCUT2D eigenvalue weighted by Crippen LogP contribution is -2.19. The average molecular weight is 352 g/mol. The highest BCUT2D eigenvalue weighted by molar-refractivity contribution is 8.00. The molecule has 0 radical (unpaired) electrons. The molecule has 0 saturated carbocycles. The van der Waals surface area contributed by atoms with Crippen molar-refractivity contribution in [3.05, 3.63) is 90.2 Å². The van der Waals surface area contributed by atoms with Crippen molar-refractivity contribution in [2.75, 3.05) is 11.1 Å². The number of anilines is 2. The van der Waals surface area contributed by atoms with E-state index < -0.39 is 11.1 Å². The Morgan fingerprint density at radius 1 is 0.920 bits per heavy atom. The summed E-state index contributed by atoms with van der Waals surface area (Å²) in [5.74, 6) is -0.738. The second kappa shape index (κ2) is 7.85. The van der Waals surface area contributed by atoms with Gasteiger partial charge in [0.15, 0.2) is 0 Å². The van der Waals surface area contributed by atoms with Crippen LogP contribution in [-0.2, 0) is 4.79 Å². The van der Waals surface area contributed by atoms with Crippen LogP contribution in [0.15, 0.2) is 83.8 Å². The fourth-order valence-corrected chi connectivity index (χ4v) is 3.37. The van der Waals surface area contributed by atoms with Crippen LogP contribution >= 0.6 is 11.8 Å². The van der Waals surface area contributed by atoms with Gasteiger partial charge in [0.2, 0.25) is 5.91 Å². The number of carbonyl (C=O) groups excluding carboxylic acids is 1. The average Bonchev–Trinajstić information content (AvgIpc) is 2.64. The Kier molecular flexibility index (Phi) is 5.36. The molecule has 0 aliphatic rings. The first-order valence-electron chi connectivity index (χ1n) is 7.76. The van der Waals surface area contributed by atoms with Crippen LogP contribution in [0, 0.1) is 5.82 Å². The molecule has 3 aromatic rings. The van der Waals surface area contributed by atoms with Crippen molar-refractivity contribution in [3.8, 4) is 0 Å². The first-order valence-corrected chi connectivity index (χ1v) is 8.64. The monoisotopic (exact) mass is 352 g/mol. The number of nitrogen functional groups attached to an aromatic ring is 1. The molecule has 1 amide bonds. The van der Waals surface area contributed by atoms with E-state index in [0.717, 1.165) is 10.5 Å². The Balaban J connectivity index is 1.87. The second-order valence-electron chi connectivity index (χ2n) is 5.45. The van der Waals surface area contributed by atoms with Crippen LogP contribution in [0.1, 0.15) is 10.8 Å². The third-order valence-corrected chi connectivity index (χ3v) is 4.87. The number of benzene rings is 3. The molecule has 0 fully saturated rings. The lowest BCUT2D eigenvalue weighted by atomic mass is 10.1. The molecule has 126 valence electrons. The van der Waals surface area contributed by atoms with Crippen LogP contribution in [0.3, 0.4) is 0 Å². The van der Waals surface area contributed by atoms with E-state index in [9.17, 15) is 9.18 Å². The van der Waals surface area contributed by atoms with Crippen molar-refractivity contribution in [1.29, 1.82) is 0 Å². The summed E-state index contributed by atoms with van der Waals surface area (Å²) in [7, 11) is 0. The maximum Gasteiger partial charge on any atom is 0.242 e. The maximum absolute atomic E-state index is 13.9. The summed E-state index contributed by atoms with van der Waals surface area (Å²) in [6.45, 7) is 0. The number of thioether (sulfide) groups is 1. The molecule has 0 aromatic heterocycles. The van der Waals surface area contributed by atoms with E-state index in [1.54, 1.807) is 30.3 Å². The first kappa shape index (κ1) is 17.0. The molecule has 3 nitrogen and oxygen atoms in total. The molecular weight excluding hydrogens is 335 g/mol. The Labute approximate surface area is 150 Å². The van der Waals surface area contributed by atoms with Crippen LogP contribution < -0.4 is 11.1 Å². The minimum absolute atomic E-state index is 0.173. The summed E-state index contributed by atoms with van der Waals surface area (Å²) >= 11 is 1.39. The van der Waals surface area contributed by atoms with Crippen molar-refractivity contribution in [3.63, 3.8) is 0 Å². The third-order valence-electron chi connectivity index (χ3n) is 3.61. The Bertz CT molecular complexity index is 853. The summed E-state index contributed by atoms with van der Waals surface area (Å²) in [6, 6.07) is 22.9. The van der Waals surface area contributed by atoms with Gasteiger partial charge in [0.25, 0.3) is 0 Å². The second-order valence-corrected chi connectivity index (χ2v) is 6.63. The number of hydrogen-bond acceptors (Lipinski definition) is 3. The highest BCUT2D eigenvalue weighted by atomic mass is 32.2. The fraction of sp³-hybridized carbons (Fsp3) is 0.0500. The predicted octanol–water partition coefficient (Wildman–Crippen LogP) is 4.88. The molecule has 1 unspecified atom stereocenters. The van der Waals surface area contributed by atoms with Gasteiger partial charge < -0.3 is 11.1 Å². The van der Waals surface area contributed by atoms with E-state index in [1.807, 2.05) is 42.5 Å². The SMILES string of the molecule is Nc1ccc(SC(C(=O)Nc2ccccc2F)c2ccccc2)cc1. The molecule has 0 saturated heterocycles. The Morgan fingerprint density at radius 2 is 1.56 bits per heavy atom. The summed E-state index contributed by atoms with van der Waals surface area (Å²) in [5, 5.41) is 2.17. The molecule has 3 aromatic carbocycles. The molecule has 3 rings (SSSR count). The van der Waals surface area contributed by atoms with Gasteiger partial charge in [-0.3, -0.25) is 4.79 Å². The van der Waals surface area contributed by atoms with E-state index in [2.05, 4.69) is 5.32 Å². The summed E-state index contributed by atoms with van der Waals surface area (Å²) in [6.07, 6.45) is 0. The number of halogens is 1. The standard InChI is InChI=1S/C20H17FN2OS/c21-17-8-4-5-9-18(17)23-20(24)19(14-6-2-1-3-7-14)25-16-12-10-15(22)11-13-16/h1-13,19H,22H2,(H,23,24). The first-order chi connectivity index (χ1) is 12.1. The van der Waals surface area contributed by atoms with Crippen molar-refractivity contribution in [2.24, 2.45) is 0 Å². The maximum atomic E-state index is 13.9.